The lowest BCUT2D eigenvalue weighted by Crippen LogP contribution is -2.36. The van der Waals surface area contributed by atoms with Gasteiger partial charge in [-0.25, -0.2) is 0 Å². The van der Waals surface area contributed by atoms with E-state index in [4.69, 9.17) is 12.2 Å². The number of rotatable bonds is 8. The standard InChI is InChI=1S/C16H26N6S/c1-13-6-11-21(19-13)9-4-7-17-16(23)18-8-5-10-22-15(3)12-14(2)20-22/h6,11-12H,4-5,7-10H2,1-3H3,(H2,17,18,23). The number of aryl methyl sites for hydroxylation is 5. The molecule has 0 bridgehead atoms. The normalized spacial score (nSPS) is 10.7. The summed E-state index contributed by atoms with van der Waals surface area (Å²) in [4.78, 5) is 0. The largest absolute Gasteiger partial charge is 0.363 e. The van der Waals surface area contributed by atoms with Gasteiger partial charge in [-0.1, -0.05) is 0 Å². The Morgan fingerprint density at radius 3 is 2.30 bits per heavy atom. The third-order valence-corrected chi connectivity index (χ3v) is 3.85. The van der Waals surface area contributed by atoms with Crippen molar-refractivity contribution in [3.8, 4) is 0 Å². The molecule has 6 nitrogen and oxygen atoms in total. The number of thiocarbonyl (C=S) groups is 1. The van der Waals surface area contributed by atoms with Crippen LogP contribution < -0.4 is 10.6 Å². The summed E-state index contributed by atoms with van der Waals surface area (Å²) in [6.07, 6.45) is 4.00. The zero-order valence-electron chi connectivity index (χ0n) is 14.2. The SMILES string of the molecule is Cc1ccn(CCCNC(=S)NCCCn2nc(C)cc2C)n1. The summed E-state index contributed by atoms with van der Waals surface area (Å²) in [5, 5.41) is 16.0. The van der Waals surface area contributed by atoms with Crippen LogP contribution in [-0.4, -0.2) is 37.8 Å². The van der Waals surface area contributed by atoms with Crippen LogP contribution in [-0.2, 0) is 13.1 Å². The summed E-state index contributed by atoms with van der Waals surface area (Å²) in [7, 11) is 0. The first kappa shape index (κ1) is 17.5. The van der Waals surface area contributed by atoms with E-state index in [0.717, 1.165) is 55.5 Å². The number of nitrogens with zero attached hydrogens (tertiary/aromatic N) is 4. The number of aromatic nitrogens is 4. The lowest BCUT2D eigenvalue weighted by Gasteiger charge is -2.11. The first-order valence-corrected chi connectivity index (χ1v) is 8.48. The molecule has 0 spiro atoms. The molecule has 0 atom stereocenters. The Bertz CT molecular complexity index is 630. The van der Waals surface area contributed by atoms with Crippen molar-refractivity contribution in [2.24, 2.45) is 0 Å². The average Bonchev–Trinajstić information content (AvgIpc) is 3.05. The van der Waals surface area contributed by atoms with Gasteiger partial charge in [-0.05, 0) is 58.0 Å². The Kier molecular flexibility index (Phi) is 6.58. The fourth-order valence-corrected chi connectivity index (χ4v) is 2.63. The lowest BCUT2D eigenvalue weighted by molar-refractivity contribution is 0.552. The molecule has 0 aliphatic carbocycles. The molecule has 0 aromatic carbocycles. The van der Waals surface area contributed by atoms with Crippen LogP contribution >= 0.6 is 12.2 Å². The minimum absolute atomic E-state index is 0.718. The Labute approximate surface area is 143 Å². The van der Waals surface area contributed by atoms with E-state index in [0.29, 0.717) is 0 Å². The van der Waals surface area contributed by atoms with Gasteiger partial charge in [0.05, 0.1) is 11.4 Å². The molecule has 2 aromatic heterocycles. The summed E-state index contributed by atoms with van der Waals surface area (Å²) in [6, 6.07) is 4.11. The molecule has 2 rings (SSSR count). The fraction of sp³-hybridized carbons (Fsp3) is 0.562. The van der Waals surface area contributed by atoms with Crippen LogP contribution in [0.5, 0.6) is 0 Å². The first-order chi connectivity index (χ1) is 11.0. The highest BCUT2D eigenvalue weighted by atomic mass is 32.1. The molecule has 0 radical (unpaired) electrons. The quantitative estimate of drug-likeness (QED) is 0.571. The summed E-state index contributed by atoms with van der Waals surface area (Å²) < 4.78 is 4.00. The van der Waals surface area contributed by atoms with E-state index >= 15 is 0 Å². The molecule has 0 fully saturated rings. The van der Waals surface area contributed by atoms with Gasteiger partial charge in [-0.3, -0.25) is 9.36 Å². The molecule has 2 heterocycles. The van der Waals surface area contributed by atoms with Crippen LogP contribution in [0, 0.1) is 20.8 Å². The fourth-order valence-electron chi connectivity index (χ4n) is 2.43. The molecule has 2 N–H and O–H groups in total. The van der Waals surface area contributed by atoms with Crippen LogP contribution in [0.1, 0.15) is 29.9 Å². The Balaban J connectivity index is 1.52. The smallest absolute Gasteiger partial charge is 0.166 e. The van der Waals surface area contributed by atoms with E-state index < -0.39 is 0 Å². The zero-order valence-corrected chi connectivity index (χ0v) is 15.0. The number of nitrogens with one attached hydrogen (secondary N) is 2. The highest BCUT2D eigenvalue weighted by Crippen LogP contribution is 2.02. The van der Waals surface area contributed by atoms with E-state index in [1.54, 1.807) is 0 Å². The molecule has 0 aliphatic rings. The molecule has 23 heavy (non-hydrogen) atoms. The summed E-state index contributed by atoms with van der Waals surface area (Å²) in [6.45, 7) is 9.62. The highest BCUT2D eigenvalue weighted by Gasteiger charge is 2.01. The van der Waals surface area contributed by atoms with Gasteiger partial charge in [0.1, 0.15) is 0 Å². The monoisotopic (exact) mass is 334 g/mol. The Morgan fingerprint density at radius 2 is 1.74 bits per heavy atom. The third kappa shape index (κ3) is 6.02. The maximum atomic E-state index is 5.28. The molecule has 0 saturated carbocycles. The van der Waals surface area contributed by atoms with Crippen LogP contribution in [0.15, 0.2) is 18.3 Å². The van der Waals surface area contributed by atoms with E-state index in [-0.39, 0.29) is 0 Å². The van der Waals surface area contributed by atoms with Gasteiger partial charge in [-0.2, -0.15) is 10.2 Å². The van der Waals surface area contributed by atoms with Crippen molar-refractivity contribution in [2.45, 2.75) is 46.7 Å². The summed E-state index contributed by atoms with van der Waals surface area (Å²) in [5.74, 6) is 0. The maximum Gasteiger partial charge on any atom is 0.166 e. The second-order valence-electron chi connectivity index (χ2n) is 5.76. The first-order valence-electron chi connectivity index (χ1n) is 8.07. The van der Waals surface area contributed by atoms with Crippen molar-refractivity contribution in [1.29, 1.82) is 0 Å². The van der Waals surface area contributed by atoms with Gasteiger partial charge in [-0.15, -0.1) is 0 Å². The molecule has 7 heteroatoms. The average molecular weight is 334 g/mol. The highest BCUT2D eigenvalue weighted by molar-refractivity contribution is 7.80. The van der Waals surface area contributed by atoms with E-state index in [9.17, 15) is 0 Å². The molecule has 2 aromatic rings. The van der Waals surface area contributed by atoms with Crippen molar-refractivity contribution in [3.63, 3.8) is 0 Å². The molecule has 0 unspecified atom stereocenters. The van der Waals surface area contributed by atoms with Gasteiger partial charge < -0.3 is 10.6 Å². The van der Waals surface area contributed by atoms with E-state index in [1.165, 1.54) is 5.69 Å². The van der Waals surface area contributed by atoms with Crippen molar-refractivity contribution in [3.05, 3.63) is 35.4 Å². The van der Waals surface area contributed by atoms with Gasteiger partial charge >= 0.3 is 0 Å². The second kappa shape index (κ2) is 8.67. The van der Waals surface area contributed by atoms with Crippen molar-refractivity contribution < 1.29 is 0 Å². The Hall–Kier alpha value is -1.89. The minimum Gasteiger partial charge on any atom is -0.363 e. The van der Waals surface area contributed by atoms with Gasteiger partial charge in [0.15, 0.2) is 5.11 Å². The molecular formula is C16H26N6S. The number of hydrogen-bond acceptors (Lipinski definition) is 3. The molecule has 0 saturated heterocycles. The summed E-state index contributed by atoms with van der Waals surface area (Å²) >= 11 is 5.28. The predicted octanol–water partition coefficient (Wildman–Crippen LogP) is 1.95. The minimum atomic E-state index is 0.718. The van der Waals surface area contributed by atoms with Crippen LogP contribution in [0.25, 0.3) is 0 Å². The zero-order chi connectivity index (χ0) is 16.7. The van der Waals surface area contributed by atoms with Crippen molar-refractivity contribution in [1.82, 2.24) is 30.2 Å². The van der Waals surface area contributed by atoms with Crippen molar-refractivity contribution in [2.75, 3.05) is 13.1 Å². The van der Waals surface area contributed by atoms with Crippen LogP contribution in [0.2, 0.25) is 0 Å². The maximum absolute atomic E-state index is 5.28. The van der Waals surface area contributed by atoms with Gasteiger partial charge in [0.2, 0.25) is 0 Å². The van der Waals surface area contributed by atoms with Gasteiger partial charge in [0.25, 0.3) is 0 Å². The topological polar surface area (TPSA) is 59.7 Å². The summed E-state index contributed by atoms with van der Waals surface area (Å²) in [5.41, 5.74) is 3.33. The molecule has 126 valence electrons. The third-order valence-electron chi connectivity index (χ3n) is 3.56. The second-order valence-corrected chi connectivity index (χ2v) is 6.17. The number of hydrogen-bond donors (Lipinski definition) is 2. The van der Waals surface area contributed by atoms with Crippen molar-refractivity contribution >= 4 is 17.3 Å². The van der Waals surface area contributed by atoms with Crippen LogP contribution in [0.3, 0.4) is 0 Å². The van der Waals surface area contributed by atoms with Crippen LogP contribution in [0.4, 0.5) is 0 Å². The Morgan fingerprint density at radius 1 is 1.04 bits per heavy atom. The molecule has 0 amide bonds. The van der Waals surface area contributed by atoms with E-state index in [2.05, 4.69) is 33.8 Å². The lowest BCUT2D eigenvalue weighted by atomic mass is 10.4. The molecular weight excluding hydrogens is 308 g/mol. The predicted molar refractivity (Wildman–Crippen MR) is 96.5 cm³/mol. The molecule has 0 aliphatic heterocycles. The van der Waals surface area contributed by atoms with Gasteiger partial charge in [0, 0.05) is 38.1 Å². The van der Waals surface area contributed by atoms with E-state index in [1.807, 2.05) is 35.5 Å².